The van der Waals surface area contributed by atoms with E-state index < -0.39 is 12.0 Å². The van der Waals surface area contributed by atoms with Gasteiger partial charge in [-0.2, -0.15) is 0 Å². The molecule has 0 bridgehead atoms. The van der Waals surface area contributed by atoms with E-state index in [9.17, 15) is 14.7 Å². The van der Waals surface area contributed by atoms with Gasteiger partial charge in [0.2, 0.25) is 0 Å². The van der Waals surface area contributed by atoms with Crippen LogP contribution < -0.4 is 10.6 Å². The van der Waals surface area contributed by atoms with Crippen molar-refractivity contribution in [2.75, 3.05) is 5.32 Å². The summed E-state index contributed by atoms with van der Waals surface area (Å²) in [6.07, 6.45) is 2.63. The number of urea groups is 1. The first-order chi connectivity index (χ1) is 9.47. The zero-order chi connectivity index (χ0) is 15.1. The molecular weight excluding hydrogens is 260 g/mol. The van der Waals surface area contributed by atoms with Gasteiger partial charge in [-0.1, -0.05) is 20.3 Å². The summed E-state index contributed by atoms with van der Waals surface area (Å²) >= 11 is 0. The lowest BCUT2D eigenvalue weighted by Crippen LogP contribution is -2.37. The molecule has 110 valence electrons. The summed E-state index contributed by atoms with van der Waals surface area (Å²) in [5, 5.41) is 23.6. The van der Waals surface area contributed by atoms with Gasteiger partial charge < -0.3 is 20.8 Å². The quantitative estimate of drug-likeness (QED) is 0.602. The Morgan fingerprint density at radius 1 is 1.30 bits per heavy atom. The highest BCUT2D eigenvalue weighted by Gasteiger charge is 2.15. The van der Waals surface area contributed by atoms with Crippen LogP contribution in [0.5, 0.6) is 5.75 Å². The van der Waals surface area contributed by atoms with Crippen LogP contribution in [-0.4, -0.2) is 28.3 Å². The molecule has 0 fully saturated rings. The van der Waals surface area contributed by atoms with Gasteiger partial charge in [0.1, 0.15) is 5.75 Å². The molecule has 0 aromatic heterocycles. The lowest BCUT2D eigenvalue weighted by Gasteiger charge is -2.17. The minimum Gasteiger partial charge on any atom is -0.508 e. The monoisotopic (exact) mass is 280 g/mol. The lowest BCUT2D eigenvalue weighted by molar-refractivity contribution is 0.0697. The number of anilines is 1. The van der Waals surface area contributed by atoms with E-state index >= 15 is 0 Å². The molecular formula is C14H20N2O4. The number of amides is 2. The van der Waals surface area contributed by atoms with Crippen LogP contribution >= 0.6 is 0 Å². The maximum absolute atomic E-state index is 11.8. The van der Waals surface area contributed by atoms with Gasteiger partial charge in [-0.15, -0.1) is 0 Å². The second-order valence-corrected chi connectivity index (χ2v) is 4.53. The number of aromatic carboxylic acids is 1. The number of hydrogen-bond acceptors (Lipinski definition) is 3. The lowest BCUT2D eigenvalue weighted by atomic mass is 10.1. The fraction of sp³-hybridized carbons (Fsp3) is 0.429. The standard InChI is InChI=1S/C14H20N2O4/c1-3-5-9(4-2)15-14(20)16-12-7-6-10(17)8-11(12)13(18)19/h6-9,17H,3-5H2,1-2H3,(H,18,19)(H2,15,16,20). The van der Waals surface area contributed by atoms with Gasteiger partial charge in [-0.05, 0) is 31.0 Å². The van der Waals surface area contributed by atoms with Crippen LogP contribution in [0.15, 0.2) is 18.2 Å². The minimum absolute atomic E-state index is 0.0605. The molecule has 0 aliphatic carbocycles. The number of carbonyl (C=O) groups is 2. The summed E-state index contributed by atoms with van der Waals surface area (Å²) in [5.74, 6) is -1.37. The Balaban J connectivity index is 2.77. The highest BCUT2D eigenvalue weighted by atomic mass is 16.4. The first kappa shape index (κ1) is 15.8. The fourth-order valence-electron chi connectivity index (χ4n) is 1.89. The summed E-state index contributed by atoms with van der Waals surface area (Å²) in [5.41, 5.74) is 0.00263. The van der Waals surface area contributed by atoms with Crippen molar-refractivity contribution in [1.29, 1.82) is 0 Å². The van der Waals surface area contributed by atoms with E-state index in [4.69, 9.17) is 5.11 Å². The Kier molecular flexibility index (Phi) is 5.83. The molecule has 1 atom stereocenters. The summed E-state index contributed by atoms with van der Waals surface area (Å²) in [7, 11) is 0. The van der Waals surface area contributed by atoms with Crippen LogP contribution in [0.2, 0.25) is 0 Å². The Bertz CT molecular complexity index is 488. The summed E-state index contributed by atoms with van der Waals surface area (Å²) in [6, 6.07) is 3.40. The molecule has 4 N–H and O–H groups in total. The molecule has 1 unspecified atom stereocenters. The van der Waals surface area contributed by atoms with Crippen LogP contribution in [-0.2, 0) is 0 Å². The van der Waals surface area contributed by atoms with Gasteiger partial charge in [0, 0.05) is 6.04 Å². The summed E-state index contributed by atoms with van der Waals surface area (Å²) in [4.78, 5) is 22.9. The van der Waals surface area contributed by atoms with E-state index in [1.54, 1.807) is 0 Å². The average Bonchev–Trinajstić information content (AvgIpc) is 2.40. The molecule has 1 aromatic rings. The number of benzene rings is 1. The predicted octanol–water partition coefficient (Wildman–Crippen LogP) is 2.79. The summed E-state index contributed by atoms with van der Waals surface area (Å²) < 4.78 is 0. The zero-order valence-corrected chi connectivity index (χ0v) is 11.6. The number of carbonyl (C=O) groups excluding carboxylic acids is 1. The number of aromatic hydroxyl groups is 1. The Labute approximate surface area is 117 Å². The second-order valence-electron chi connectivity index (χ2n) is 4.53. The first-order valence-electron chi connectivity index (χ1n) is 6.61. The van der Waals surface area contributed by atoms with Gasteiger partial charge in [0.15, 0.2) is 0 Å². The number of carboxylic acid groups (broad SMARTS) is 1. The zero-order valence-electron chi connectivity index (χ0n) is 11.6. The van der Waals surface area contributed by atoms with Crippen LogP contribution in [0.25, 0.3) is 0 Å². The van der Waals surface area contributed by atoms with E-state index in [-0.39, 0.29) is 23.0 Å². The maximum atomic E-state index is 11.8. The van der Waals surface area contributed by atoms with Crippen LogP contribution in [0.3, 0.4) is 0 Å². The number of rotatable bonds is 6. The third-order valence-corrected chi connectivity index (χ3v) is 2.95. The SMILES string of the molecule is CCCC(CC)NC(=O)Nc1ccc(O)cc1C(=O)O. The molecule has 0 aliphatic heterocycles. The van der Waals surface area contributed by atoms with Crippen molar-refractivity contribution < 1.29 is 19.8 Å². The molecule has 1 rings (SSSR count). The van der Waals surface area contributed by atoms with Crippen molar-refractivity contribution in [2.24, 2.45) is 0 Å². The first-order valence-corrected chi connectivity index (χ1v) is 6.61. The number of nitrogens with one attached hydrogen (secondary N) is 2. The van der Waals surface area contributed by atoms with Crippen molar-refractivity contribution in [3.8, 4) is 5.75 Å². The van der Waals surface area contributed by atoms with E-state index in [2.05, 4.69) is 10.6 Å². The van der Waals surface area contributed by atoms with Crippen molar-refractivity contribution >= 4 is 17.7 Å². The number of carboxylic acids is 1. The number of phenolic OH excluding ortho intramolecular Hbond substituents is 1. The van der Waals surface area contributed by atoms with E-state index in [1.165, 1.54) is 12.1 Å². The number of hydrogen-bond donors (Lipinski definition) is 4. The van der Waals surface area contributed by atoms with Crippen LogP contribution in [0, 0.1) is 0 Å². The van der Waals surface area contributed by atoms with Gasteiger partial charge in [0.05, 0.1) is 11.3 Å². The predicted molar refractivity (Wildman–Crippen MR) is 76.2 cm³/mol. The van der Waals surface area contributed by atoms with Crippen molar-refractivity contribution in [3.63, 3.8) is 0 Å². The highest BCUT2D eigenvalue weighted by molar-refractivity contribution is 6.00. The van der Waals surface area contributed by atoms with Gasteiger partial charge in [0.25, 0.3) is 0 Å². The topological polar surface area (TPSA) is 98.7 Å². The van der Waals surface area contributed by atoms with Crippen molar-refractivity contribution in [1.82, 2.24) is 5.32 Å². The molecule has 1 aromatic carbocycles. The van der Waals surface area contributed by atoms with E-state index in [1.807, 2.05) is 13.8 Å². The normalized spacial score (nSPS) is 11.7. The molecule has 20 heavy (non-hydrogen) atoms. The smallest absolute Gasteiger partial charge is 0.337 e. The summed E-state index contributed by atoms with van der Waals surface area (Å²) in [6.45, 7) is 4.01. The fourth-order valence-corrected chi connectivity index (χ4v) is 1.89. The van der Waals surface area contributed by atoms with E-state index in [0.29, 0.717) is 0 Å². The van der Waals surface area contributed by atoms with Gasteiger partial charge in [-0.3, -0.25) is 0 Å². The number of phenols is 1. The van der Waals surface area contributed by atoms with Gasteiger partial charge >= 0.3 is 12.0 Å². The Hall–Kier alpha value is -2.24. The van der Waals surface area contributed by atoms with Crippen molar-refractivity contribution in [2.45, 2.75) is 39.2 Å². The van der Waals surface area contributed by atoms with Gasteiger partial charge in [-0.25, -0.2) is 9.59 Å². The maximum Gasteiger partial charge on any atom is 0.337 e. The van der Waals surface area contributed by atoms with Crippen molar-refractivity contribution in [3.05, 3.63) is 23.8 Å². The third kappa shape index (κ3) is 4.46. The molecule has 0 saturated heterocycles. The van der Waals surface area contributed by atoms with Crippen LogP contribution in [0.1, 0.15) is 43.5 Å². The molecule has 6 nitrogen and oxygen atoms in total. The second kappa shape index (κ2) is 7.37. The highest BCUT2D eigenvalue weighted by Crippen LogP contribution is 2.21. The molecule has 2 amide bonds. The average molecular weight is 280 g/mol. The largest absolute Gasteiger partial charge is 0.508 e. The molecule has 0 radical (unpaired) electrons. The molecule has 0 heterocycles. The Morgan fingerprint density at radius 3 is 2.55 bits per heavy atom. The molecule has 0 spiro atoms. The molecule has 6 heteroatoms. The minimum atomic E-state index is -1.21. The van der Waals surface area contributed by atoms with E-state index in [0.717, 1.165) is 25.3 Å². The van der Waals surface area contributed by atoms with Crippen LogP contribution in [0.4, 0.5) is 10.5 Å². The molecule has 0 saturated carbocycles. The third-order valence-electron chi connectivity index (χ3n) is 2.95. The molecule has 0 aliphatic rings. The Morgan fingerprint density at radius 2 is 2.00 bits per heavy atom.